The maximum atomic E-state index is 8.68. The predicted octanol–water partition coefficient (Wildman–Crippen LogP) is 1.63. The van der Waals surface area contributed by atoms with Crippen LogP contribution < -0.4 is 5.32 Å². The molecule has 15 heavy (non-hydrogen) atoms. The van der Waals surface area contributed by atoms with Crippen LogP contribution in [0.2, 0.25) is 0 Å². The standard InChI is InChI=1S/C12H23N3/c1-5-6-14-8-12(3)10-15(4)9-11(2)7-13/h11,14H,3,5-6,8-10H2,1-2,4H3. The Morgan fingerprint density at radius 2 is 2.27 bits per heavy atom. The Labute approximate surface area is 93.8 Å². The number of nitriles is 1. The number of nitrogens with one attached hydrogen (secondary N) is 1. The minimum atomic E-state index is 0.0893. The topological polar surface area (TPSA) is 39.1 Å². The van der Waals surface area contributed by atoms with Crippen molar-refractivity contribution in [3.8, 4) is 6.07 Å². The SMILES string of the molecule is C=C(CNCCC)CN(C)CC(C)C#N. The maximum absolute atomic E-state index is 8.68. The summed E-state index contributed by atoms with van der Waals surface area (Å²) in [6.45, 7) is 11.7. The summed E-state index contributed by atoms with van der Waals surface area (Å²) >= 11 is 0. The van der Waals surface area contributed by atoms with Crippen molar-refractivity contribution in [2.75, 3.05) is 33.2 Å². The Hall–Kier alpha value is -0.850. The van der Waals surface area contributed by atoms with Crippen LogP contribution in [0.4, 0.5) is 0 Å². The van der Waals surface area contributed by atoms with Gasteiger partial charge in [0, 0.05) is 19.6 Å². The molecule has 0 bridgehead atoms. The first kappa shape index (κ1) is 14.2. The van der Waals surface area contributed by atoms with Crippen LogP contribution in [-0.2, 0) is 0 Å². The molecule has 0 aromatic carbocycles. The number of hydrogen-bond acceptors (Lipinski definition) is 3. The van der Waals surface area contributed by atoms with Crippen molar-refractivity contribution in [1.29, 1.82) is 5.26 Å². The Bertz CT molecular complexity index is 217. The van der Waals surface area contributed by atoms with Gasteiger partial charge in [0.05, 0.1) is 12.0 Å². The summed E-state index contributed by atoms with van der Waals surface area (Å²) in [7, 11) is 2.03. The first-order valence-electron chi connectivity index (χ1n) is 5.55. The van der Waals surface area contributed by atoms with Gasteiger partial charge in [0.25, 0.3) is 0 Å². The molecule has 0 radical (unpaired) electrons. The lowest BCUT2D eigenvalue weighted by molar-refractivity contribution is 0.332. The minimum absolute atomic E-state index is 0.0893. The monoisotopic (exact) mass is 209 g/mol. The van der Waals surface area contributed by atoms with Gasteiger partial charge >= 0.3 is 0 Å². The highest BCUT2D eigenvalue weighted by Crippen LogP contribution is 1.99. The molecule has 86 valence electrons. The molecule has 1 atom stereocenters. The zero-order valence-electron chi connectivity index (χ0n) is 10.2. The van der Waals surface area contributed by atoms with Gasteiger partial charge in [-0.05, 0) is 32.5 Å². The molecule has 0 aliphatic heterocycles. The molecule has 3 heteroatoms. The van der Waals surface area contributed by atoms with E-state index in [9.17, 15) is 0 Å². The molecular weight excluding hydrogens is 186 g/mol. The number of rotatable bonds is 8. The van der Waals surface area contributed by atoms with Crippen molar-refractivity contribution >= 4 is 0 Å². The third-order valence-electron chi connectivity index (χ3n) is 2.10. The molecule has 0 aromatic rings. The lowest BCUT2D eigenvalue weighted by Gasteiger charge is -2.19. The van der Waals surface area contributed by atoms with Gasteiger partial charge in [0.2, 0.25) is 0 Å². The fourth-order valence-electron chi connectivity index (χ4n) is 1.45. The van der Waals surface area contributed by atoms with E-state index in [4.69, 9.17) is 5.26 Å². The van der Waals surface area contributed by atoms with Crippen molar-refractivity contribution in [3.05, 3.63) is 12.2 Å². The molecule has 0 spiro atoms. The van der Waals surface area contributed by atoms with Gasteiger partial charge in [-0.1, -0.05) is 13.5 Å². The van der Waals surface area contributed by atoms with Crippen LogP contribution in [0.25, 0.3) is 0 Å². The molecule has 0 saturated carbocycles. The number of hydrogen-bond donors (Lipinski definition) is 1. The summed E-state index contributed by atoms with van der Waals surface area (Å²) < 4.78 is 0. The van der Waals surface area contributed by atoms with Crippen LogP contribution in [0.3, 0.4) is 0 Å². The van der Waals surface area contributed by atoms with Crippen molar-refractivity contribution in [1.82, 2.24) is 10.2 Å². The largest absolute Gasteiger partial charge is 0.313 e. The number of likely N-dealkylation sites (N-methyl/N-ethyl adjacent to an activating group) is 1. The zero-order chi connectivity index (χ0) is 11.7. The summed E-state index contributed by atoms with van der Waals surface area (Å²) in [6, 6.07) is 2.23. The van der Waals surface area contributed by atoms with E-state index in [-0.39, 0.29) is 5.92 Å². The Kier molecular flexibility index (Phi) is 7.98. The van der Waals surface area contributed by atoms with E-state index in [0.29, 0.717) is 0 Å². The van der Waals surface area contributed by atoms with E-state index in [1.165, 1.54) is 5.57 Å². The van der Waals surface area contributed by atoms with Crippen LogP contribution in [0, 0.1) is 17.2 Å². The van der Waals surface area contributed by atoms with E-state index in [2.05, 4.69) is 29.8 Å². The molecule has 0 aromatic heterocycles. The van der Waals surface area contributed by atoms with Gasteiger partial charge in [0.15, 0.2) is 0 Å². The second-order valence-electron chi connectivity index (χ2n) is 4.15. The quantitative estimate of drug-likeness (QED) is 0.488. The second-order valence-corrected chi connectivity index (χ2v) is 4.15. The summed E-state index contributed by atoms with van der Waals surface area (Å²) in [5.41, 5.74) is 1.18. The van der Waals surface area contributed by atoms with Crippen LogP contribution in [0.5, 0.6) is 0 Å². The van der Waals surface area contributed by atoms with E-state index < -0.39 is 0 Å². The van der Waals surface area contributed by atoms with Gasteiger partial charge < -0.3 is 10.2 Å². The summed E-state index contributed by atoms with van der Waals surface area (Å²) in [4.78, 5) is 2.14. The van der Waals surface area contributed by atoms with Crippen LogP contribution in [0.1, 0.15) is 20.3 Å². The normalized spacial score (nSPS) is 12.5. The molecule has 1 unspecified atom stereocenters. The highest BCUT2D eigenvalue weighted by atomic mass is 15.1. The lowest BCUT2D eigenvalue weighted by atomic mass is 10.2. The van der Waals surface area contributed by atoms with E-state index in [1.54, 1.807) is 0 Å². The highest BCUT2D eigenvalue weighted by Gasteiger charge is 2.05. The van der Waals surface area contributed by atoms with Crippen LogP contribution in [-0.4, -0.2) is 38.1 Å². The Morgan fingerprint density at radius 3 is 2.80 bits per heavy atom. The van der Waals surface area contributed by atoms with E-state index >= 15 is 0 Å². The average Bonchev–Trinajstić information content (AvgIpc) is 2.17. The second kappa shape index (κ2) is 8.46. The first-order chi connectivity index (χ1) is 7.10. The molecule has 0 aliphatic carbocycles. The van der Waals surface area contributed by atoms with E-state index in [0.717, 1.165) is 32.6 Å². The third-order valence-corrected chi connectivity index (χ3v) is 2.10. The predicted molar refractivity (Wildman–Crippen MR) is 64.6 cm³/mol. The van der Waals surface area contributed by atoms with Crippen molar-refractivity contribution < 1.29 is 0 Å². The van der Waals surface area contributed by atoms with Crippen LogP contribution in [0.15, 0.2) is 12.2 Å². The van der Waals surface area contributed by atoms with Gasteiger partial charge in [-0.3, -0.25) is 0 Å². The van der Waals surface area contributed by atoms with Gasteiger partial charge in [-0.25, -0.2) is 0 Å². The Balaban J connectivity index is 3.63. The number of nitrogens with zero attached hydrogens (tertiary/aromatic N) is 2. The smallest absolute Gasteiger partial charge is 0.0666 e. The molecule has 0 rings (SSSR count). The summed E-state index contributed by atoms with van der Waals surface area (Å²) in [5, 5.41) is 12.0. The van der Waals surface area contributed by atoms with E-state index in [1.807, 2.05) is 14.0 Å². The molecule has 0 amide bonds. The van der Waals surface area contributed by atoms with Gasteiger partial charge in [0.1, 0.15) is 0 Å². The highest BCUT2D eigenvalue weighted by molar-refractivity contribution is 4.99. The van der Waals surface area contributed by atoms with Crippen molar-refractivity contribution in [3.63, 3.8) is 0 Å². The molecule has 0 saturated heterocycles. The molecule has 0 aliphatic rings. The van der Waals surface area contributed by atoms with Crippen molar-refractivity contribution in [2.45, 2.75) is 20.3 Å². The molecule has 1 N–H and O–H groups in total. The first-order valence-corrected chi connectivity index (χ1v) is 5.55. The molecule has 3 nitrogen and oxygen atoms in total. The maximum Gasteiger partial charge on any atom is 0.0666 e. The fraction of sp³-hybridized carbons (Fsp3) is 0.750. The van der Waals surface area contributed by atoms with Gasteiger partial charge in [-0.2, -0.15) is 5.26 Å². The molecule has 0 heterocycles. The summed E-state index contributed by atoms with van der Waals surface area (Å²) in [5.74, 6) is 0.0893. The van der Waals surface area contributed by atoms with Crippen molar-refractivity contribution in [2.24, 2.45) is 5.92 Å². The Morgan fingerprint density at radius 1 is 1.60 bits per heavy atom. The molecule has 0 fully saturated rings. The average molecular weight is 209 g/mol. The fourth-order valence-corrected chi connectivity index (χ4v) is 1.45. The lowest BCUT2D eigenvalue weighted by Crippen LogP contribution is -2.29. The summed E-state index contributed by atoms with van der Waals surface area (Å²) in [6.07, 6.45) is 1.15. The minimum Gasteiger partial charge on any atom is -0.313 e. The molecular formula is C12H23N3. The zero-order valence-corrected chi connectivity index (χ0v) is 10.2. The van der Waals surface area contributed by atoms with Gasteiger partial charge in [-0.15, -0.1) is 0 Å². The third kappa shape index (κ3) is 8.17. The van der Waals surface area contributed by atoms with Crippen LogP contribution >= 0.6 is 0 Å².